The summed E-state index contributed by atoms with van der Waals surface area (Å²) in [6.07, 6.45) is 66.0. The predicted molar refractivity (Wildman–Crippen MR) is 345 cm³/mol. The molecule has 5 saturated heterocycles. The first-order valence-corrected chi connectivity index (χ1v) is 39.4. The molecule has 84 heavy (non-hydrogen) atoms. The third kappa shape index (κ3) is 10.7. The number of allylic oxidation sites excluding steroid dienone is 2. The van der Waals surface area contributed by atoms with Crippen molar-refractivity contribution in [3.05, 3.63) is 23.3 Å². The van der Waals surface area contributed by atoms with Crippen molar-refractivity contribution in [2.45, 2.75) is 313 Å². The lowest BCUT2D eigenvalue weighted by Gasteiger charge is -2.48. The zero-order valence-corrected chi connectivity index (χ0v) is 54.2. The lowest BCUT2D eigenvalue weighted by atomic mass is 9.60. The molecule has 0 radical (unpaired) electrons. The van der Waals surface area contributed by atoms with Gasteiger partial charge in [0.05, 0.1) is 12.2 Å². The van der Waals surface area contributed by atoms with E-state index in [0.717, 1.165) is 166 Å². The lowest BCUT2D eigenvalue weighted by molar-refractivity contribution is -0.0229. The summed E-state index contributed by atoms with van der Waals surface area (Å²) >= 11 is 0. The minimum Gasteiger partial charge on any atom is -0.374 e. The highest BCUT2D eigenvalue weighted by atomic mass is 16.5. The molecule has 468 valence electrons. The summed E-state index contributed by atoms with van der Waals surface area (Å²) in [5.74, 6) is 21.2. The van der Waals surface area contributed by atoms with Gasteiger partial charge in [-0.1, -0.05) is 94.4 Å². The second kappa shape index (κ2) is 24.4. The van der Waals surface area contributed by atoms with Crippen molar-refractivity contribution < 1.29 is 4.74 Å². The maximum Gasteiger partial charge on any atom is 0.0612 e. The summed E-state index contributed by atoms with van der Waals surface area (Å²) in [4.78, 5) is 6.74. The van der Waals surface area contributed by atoms with Gasteiger partial charge in [0, 0.05) is 42.8 Å². The third-order valence-corrected chi connectivity index (χ3v) is 32.2. The number of hydrogen-bond donors (Lipinski definition) is 2. The number of rotatable bonds is 8. The summed E-state index contributed by atoms with van der Waals surface area (Å²) in [5, 5.41) is 8.10. The zero-order valence-electron chi connectivity index (χ0n) is 54.2. The molecule has 10 saturated carbocycles. The summed E-state index contributed by atoms with van der Waals surface area (Å²) in [7, 11) is 0. The minimum absolute atomic E-state index is 0.586. The fourth-order valence-electron chi connectivity index (χ4n) is 28.7. The molecule has 0 aromatic rings. The van der Waals surface area contributed by atoms with E-state index in [9.17, 15) is 0 Å². The maximum atomic E-state index is 7.28. The van der Waals surface area contributed by atoms with E-state index in [-0.39, 0.29) is 0 Å². The summed E-state index contributed by atoms with van der Waals surface area (Å²) < 4.78 is 7.28. The molecule has 17 rings (SSSR count). The van der Waals surface area contributed by atoms with Gasteiger partial charge < -0.3 is 15.4 Å². The van der Waals surface area contributed by atoms with Crippen LogP contribution in [0, 0.1) is 130 Å². The van der Waals surface area contributed by atoms with E-state index in [4.69, 9.17) is 4.74 Å². The molecule has 0 aromatic carbocycles. The van der Waals surface area contributed by atoms with Crippen molar-refractivity contribution in [2.24, 2.45) is 130 Å². The van der Waals surface area contributed by atoms with Crippen LogP contribution in [0.3, 0.4) is 0 Å². The van der Waals surface area contributed by atoms with Crippen molar-refractivity contribution in [1.82, 2.24) is 20.4 Å². The molecular formula is C79H126N4O. The molecule has 17 aliphatic rings. The Labute approximate surface area is 514 Å². The molecule has 5 nitrogen and oxygen atoms in total. The Balaban J connectivity index is 0.525. The topological polar surface area (TPSA) is 39.8 Å². The molecular weight excluding hydrogens is 1020 g/mol. The van der Waals surface area contributed by atoms with Gasteiger partial charge >= 0.3 is 0 Å². The van der Waals surface area contributed by atoms with Gasteiger partial charge in [-0.3, -0.25) is 9.80 Å². The van der Waals surface area contributed by atoms with Gasteiger partial charge in [0.2, 0.25) is 0 Å². The van der Waals surface area contributed by atoms with Crippen molar-refractivity contribution >= 4 is 0 Å². The first kappa shape index (κ1) is 57.2. The normalized spacial score (nSPS) is 54.3. The Morgan fingerprint density at radius 3 is 1.71 bits per heavy atom. The van der Waals surface area contributed by atoms with E-state index >= 15 is 0 Å². The standard InChI is InChI=1S/C79H126N4O/c1-48-10-7-12-50(32-48)60-36-62(46-80-44-60)56-23-28-76-70(39-56)66-16-3-5-18-74(66)82(76)64-26-22-59-35-58-21-20-54(38-68(58)69(59)42-64)52-14-9-15-53(34-52)55-25-30-78-72(41-55)73-43-65(27-31-79(73)84-78)83-75-19-6-4-17-67(75)71-40-57(24-29-77(71)83)63-37-61(45-81-47-63)51-13-8-11-49(2)33-51/h32,39,49-55,57-81H,3-31,33-38,40-47H2,1-2H3. The maximum absolute atomic E-state index is 7.28. The van der Waals surface area contributed by atoms with Crippen molar-refractivity contribution in [1.29, 1.82) is 0 Å². The van der Waals surface area contributed by atoms with Gasteiger partial charge in [-0.25, -0.2) is 0 Å². The largest absolute Gasteiger partial charge is 0.374 e. The highest BCUT2D eigenvalue weighted by Gasteiger charge is 2.59. The van der Waals surface area contributed by atoms with Gasteiger partial charge in [0.15, 0.2) is 0 Å². The van der Waals surface area contributed by atoms with Gasteiger partial charge in [-0.2, -0.15) is 0 Å². The van der Waals surface area contributed by atoms with Crippen LogP contribution in [-0.2, 0) is 4.74 Å². The predicted octanol–water partition coefficient (Wildman–Crippen LogP) is 17.6. The van der Waals surface area contributed by atoms with Crippen LogP contribution in [0.1, 0.15) is 264 Å². The zero-order chi connectivity index (χ0) is 55.6. The first-order valence-electron chi connectivity index (χ1n) is 39.4. The van der Waals surface area contributed by atoms with Crippen LogP contribution in [0.15, 0.2) is 23.3 Å². The molecule has 15 fully saturated rings. The Morgan fingerprint density at radius 1 is 0.357 bits per heavy atom. The number of likely N-dealkylation sites (tertiary alicyclic amines) is 2. The molecule has 5 aliphatic heterocycles. The smallest absolute Gasteiger partial charge is 0.0612 e. The Bertz CT molecular complexity index is 2330. The van der Waals surface area contributed by atoms with Gasteiger partial charge in [-0.05, 0) is 343 Å². The Kier molecular flexibility index (Phi) is 16.6. The second-order valence-electron chi connectivity index (χ2n) is 35.9. The Hall–Kier alpha value is -0.720. The summed E-state index contributed by atoms with van der Waals surface area (Å²) in [5.41, 5.74) is 3.58. The number of nitrogens with zero attached hydrogens (tertiary/aromatic N) is 2. The molecule has 30 atom stereocenters. The van der Waals surface area contributed by atoms with Crippen molar-refractivity contribution in [3.63, 3.8) is 0 Å². The monoisotopic (exact) mass is 1150 g/mol. The molecule has 5 heterocycles. The average Bonchev–Trinajstić information content (AvgIpc) is 2.61. The average molecular weight is 1150 g/mol. The van der Waals surface area contributed by atoms with Gasteiger partial charge in [0.25, 0.3) is 0 Å². The van der Waals surface area contributed by atoms with E-state index in [0.29, 0.717) is 12.2 Å². The molecule has 0 amide bonds. The van der Waals surface area contributed by atoms with Crippen LogP contribution in [-0.4, -0.2) is 84.4 Å². The highest BCUT2D eigenvalue weighted by Crippen LogP contribution is 2.62. The summed E-state index contributed by atoms with van der Waals surface area (Å²) in [6.45, 7) is 10.1. The molecule has 30 unspecified atom stereocenters. The van der Waals surface area contributed by atoms with Gasteiger partial charge in [0.1, 0.15) is 0 Å². The number of hydrogen-bond acceptors (Lipinski definition) is 5. The van der Waals surface area contributed by atoms with Crippen LogP contribution >= 0.6 is 0 Å². The van der Waals surface area contributed by atoms with Crippen molar-refractivity contribution in [3.8, 4) is 0 Å². The van der Waals surface area contributed by atoms with Crippen LogP contribution in [0.4, 0.5) is 0 Å². The van der Waals surface area contributed by atoms with Gasteiger partial charge in [-0.15, -0.1) is 0 Å². The Morgan fingerprint density at radius 2 is 0.905 bits per heavy atom. The molecule has 12 aliphatic carbocycles. The number of fused-ring (bicyclic) bond motifs is 12. The summed E-state index contributed by atoms with van der Waals surface area (Å²) in [6, 6.07) is 5.30. The highest BCUT2D eigenvalue weighted by molar-refractivity contribution is 5.23. The fourth-order valence-corrected chi connectivity index (χ4v) is 28.7. The van der Waals surface area contributed by atoms with Crippen LogP contribution in [0.5, 0.6) is 0 Å². The molecule has 0 bridgehead atoms. The lowest BCUT2D eigenvalue weighted by Crippen LogP contribution is -2.51. The van der Waals surface area contributed by atoms with E-state index in [1.54, 1.807) is 95.5 Å². The molecule has 0 aromatic heterocycles. The van der Waals surface area contributed by atoms with Crippen LogP contribution in [0.25, 0.3) is 0 Å². The van der Waals surface area contributed by atoms with Crippen LogP contribution in [0.2, 0.25) is 0 Å². The third-order valence-electron chi connectivity index (χ3n) is 32.2. The van der Waals surface area contributed by atoms with Crippen LogP contribution < -0.4 is 10.6 Å². The number of ether oxygens (including phenoxy) is 1. The minimum atomic E-state index is 0.586. The van der Waals surface area contributed by atoms with E-state index in [1.165, 1.54) is 187 Å². The first-order chi connectivity index (χ1) is 41.4. The van der Waals surface area contributed by atoms with E-state index in [2.05, 4.69) is 46.4 Å². The molecule has 5 heteroatoms. The SMILES string of the molecule is CC1=CC(C2CNCC(C3=CC4C5CCCCC5N(C5CCC6CC7CCC(C8CCCC(C9CCC%10OC%11CCC(N%12C%13CCCCC%13C%13CC(C%14CNCC(C%15CCCC(C)C%15)C%14)CCC%13%12)CC%11C%10C9)C8)CC7C6C5)C4CC3)C2)CCC1. The quantitative estimate of drug-likeness (QED) is 0.237. The van der Waals surface area contributed by atoms with E-state index in [1.807, 2.05) is 5.57 Å². The molecule has 2 N–H and O–H groups in total. The fraction of sp³-hybridized carbons (Fsp3) is 0.949. The second-order valence-corrected chi connectivity index (χ2v) is 35.9. The van der Waals surface area contributed by atoms with Crippen molar-refractivity contribution in [2.75, 3.05) is 26.2 Å². The molecule has 0 spiro atoms. The number of piperidine rings is 2. The van der Waals surface area contributed by atoms with E-state index < -0.39 is 0 Å². The number of nitrogens with one attached hydrogen (secondary N) is 2.